The van der Waals surface area contributed by atoms with Gasteiger partial charge in [0.1, 0.15) is 5.75 Å². The molecule has 0 bridgehead atoms. The maximum Gasteiger partial charge on any atom is 0.387 e. The van der Waals surface area contributed by atoms with Gasteiger partial charge in [0.15, 0.2) is 10.3 Å². The Hall–Kier alpha value is -2.76. The highest BCUT2D eigenvalue weighted by molar-refractivity contribution is 9.10. The first-order chi connectivity index (χ1) is 15.9. The van der Waals surface area contributed by atoms with E-state index >= 15 is 0 Å². The summed E-state index contributed by atoms with van der Waals surface area (Å²) in [4.78, 5) is 21.2. The van der Waals surface area contributed by atoms with E-state index in [1.54, 1.807) is 18.3 Å². The summed E-state index contributed by atoms with van der Waals surface area (Å²) in [6.07, 6.45) is 1.72. The number of benzene rings is 2. The zero-order valence-corrected chi connectivity index (χ0v) is 20.4. The van der Waals surface area contributed by atoms with Crippen molar-refractivity contribution in [1.29, 1.82) is 0 Å². The minimum atomic E-state index is -2.89. The fourth-order valence-electron chi connectivity index (χ4n) is 2.98. The molecule has 0 radical (unpaired) electrons. The van der Waals surface area contributed by atoms with Crippen molar-refractivity contribution in [1.82, 2.24) is 14.5 Å². The fraction of sp³-hybridized carbons (Fsp3) is 0.136. The van der Waals surface area contributed by atoms with Crippen LogP contribution in [0.2, 0.25) is 0 Å². The highest BCUT2D eigenvalue weighted by Crippen LogP contribution is 2.31. The summed E-state index contributed by atoms with van der Waals surface area (Å²) in [6.45, 7) is -1.03. The molecule has 2 heterocycles. The van der Waals surface area contributed by atoms with E-state index in [0.717, 1.165) is 21.4 Å². The Morgan fingerprint density at radius 2 is 1.94 bits per heavy atom. The molecule has 2 aromatic carbocycles. The third-order valence-electron chi connectivity index (χ3n) is 4.39. The lowest BCUT2D eigenvalue weighted by molar-refractivity contribution is -0.113. The lowest BCUT2D eigenvalue weighted by Crippen LogP contribution is -2.14. The highest BCUT2D eigenvalue weighted by atomic mass is 79.9. The monoisotopic (exact) mass is 550 g/mol. The predicted molar refractivity (Wildman–Crippen MR) is 130 cm³/mol. The number of ether oxygens (including phenoxy) is 1. The molecule has 6 nitrogen and oxygen atoms in total. The minimum absolute atomic E-state index is 0.0615. The number of aromatic nitrogens is 3. The number of anilines is 1. The van der Waals surface area contributed by atoms with Crippen LogP contribution in [0, 0.1) is 6.92 Å². The van der Waals surface area contributed by atoms with Crippen LogP contribution in [-0.4, -0.2) is 32.8 Å². The Morgan fingerprint density at radius 3 is 2.58 bits per heavy atom. The smallest absolute Gasteiger partial charge is 0.387 e. The third kappa shape index (κ3) is 5.98. The van der Waals surface area contributed by atoms with E-state index in [0.29, 0.717) is 16.0 Å². The molecule has 0 spiro atoms. The van der Waals surface area contributed by atoms with Gasteiger partial charge >= 0.3 is 6.61 Å². The number of imidazole rings is 1. The average molecular weight is 551 g/mol. The fourth-order valence-corrected chi connectivity index (χ4v) is 4.75. The van der Waals surface area contributed by atoms with E-state index < -0.39 is 6.61 Å². The van der Waals surface area contributed by atoms with Crippen molar-refractivity contribution in [3.63, 3.8) is 0 Å². The molecule has 0 aliphatic carbocycles. The van der Waals surface area contributed by atoms with Crippen LogP contribution in [0.15, 0.2) is 69.7 Å². The molecule has 4 rings (SSSR count). The molecule has 0 atom stereocenters. The summed E-state index contributed by atoms with van der Waals surface area (Å²) in [5, 5.41) is 5.77. The molecule has 2 aromatic heterocycles. The number of nitrogens with one attached hydrogen (secondary N) is 1. The van der Waals surface area contributed by atoms with Crippen molar-refractivity contribution >= 4 is 50.1 Å². The Bertz CT molecular complexity index is 1240. The van der Waals surface area contributed by atoms with Gasteiger partial charge in [0.25, 0.3) is 0 Å². The topological polar surface area (TPSA) is 69.0 Å². The standard InChI is InChI=1S/C22H17BrF2N4O2S2/c1-13-11-32-21(27-13)28-19(30)12-33-22-26-10-18(14-2-4-15(23)5-3-14)29(22)16-6-8-17(9-7-16)31-20(24)25/h2-11,20H,12H2,1H3,(H,27,28,30). The van der Waals surface area contributed by atoms with E-state index in [4.69, 9.17) is 0 Å². The summed E-state index contributed by atoms with van der Waals surface area (Å²) >= 11 is 6.06. The molecule has 33 heavy (non-hydrogen) atoms. The van der Waals surface area contributed by atoms with Crippen LogP contribution < -0.4 is 10.1 Å². The summed E-state index contributed by atoms with van der Waals surface area (Å²) in [7, 11) is 0. The van der Waals surface area contributed by atoms with Crippen LogP contribution in [-0.2, 0) is 4.79 Å². The lowest BCUT2D eigenvalue weighted by atomic mass is 10.1. The van der Waals surface area contributed by atoms with Gasteiger partial charge in [0, 0.05) is 21.1 Å². The number of thiazole rings is 1. The zero-order valence-electron chi connectivity index (χ0n) is 17.2. The summed E-state index contributed by atoms with van der Waals surface area (Å²) < 4.78 is 32.3. The van der Waals surface area contributed by atoms with Crippen molar-refractivity contribution in [3.8, 4) is 22.7 Å². The number of aryl methyl sites for hydroxylation is 1. The first-order valence-electron chi connectivity index (χ1n) is 9.63. The van der Waals surface area contributed by atoms with Gasteiger partial charge in [-0.2, -0.15) is 8.78 Å². The second-order valence-electron chi connectivity index (χ2n) is 6.77. The van der Waals surface area contributed by atoms with Gasteiger partial charge in [-0.1, -0.05) is 39.8 Å². The largest absolute Gasteiger partial charge is 0.435 e. The lowest BCUT2D eigenvalue weighted by Gasteiger charge is -2.13. The van der Waals surface area contributed by atoms with Crippen molar-refractivity contribution in [3.05, 3.63) is 70.3 Å². The van der Waals surface area contributed by atoms with Crippen LogP contribution in [0.3, 0.4) is 0 Å². The Morgan fingerprint density at radius 1 is 1.21 bits per heavy atom. The van der Waals surface area contributed by atoms with Gasteiger partial charge in [-0.05, 0) is 43.3 Å². The van der Waals surface area contributed by atoms with Crippen molar-refractivity contribution in [2.75, 3.05) is 11.1 Å². The van der Waals surface area contributed by atoms with E-state index in [1.165, 1.54) is 35.2 Å². The van der Waals surface area contributed by atoms with E-state index in [-0.39, 0.29) is 17.4 Å². The van der Waals surface area contributed by atoms with E-state index in [9.17, 15) is 13.6 Å². The Balaban J connectivity index is 1.61. The maximum atomic E-state index is 12.5. The van der Waals surface area contributed by atoms with Crippen LogP contribution in [0.4, 0.5) is 13.9 Å². The molecule has 0 saturated carbocycles. The summed E-state index contributed by atoms with van der Waals surface area (Å²) in [5.41, 5.74) is 3.25. The molecule has 0 saturated heterocycles. The first kappa shape index (κ1) is 23.4. The van der Waals surface area contributed by atoms with Crippen LogP contribution in [0.1, 0.15) is 5.69 Å². The van der Waals surface area contributed by atoms with Crippen LogP contribution >= 0.6 is 39.0 Å². The number of nitrogens with zero attached hydrogens (tertiary/aromatic N) is 3. The van der Waals surface area contributed by atoms with Crippen LogP contribution in [0.5, 0.6) is 5.75 Å². The summed E-state index contributed by atoms with van der Waals surface area (Å²) in [5.74, 6) is -0.0108. The number of hydrogen-bond acceptors (Lipinski definition) is 6. The number of carbonyl (C=O) groups excluding carboxylic acids is 1. The van der Waals surface area contributed by atoms with Gasteiger partial charge < -0.3 is 10.1 Å². The van der Waals surface area contributed by atoms with Crippen molar-refractivity contribution in [2.45, 2.75) is 18.7 Å². The second-order valence-corrected chi connectivity index (χ2v) is 9.49. The number of alkyl halides is 2. The molecule has 170 valence electrons. The number of thioether (sulfide) groups is 1. The normalized spacial score (nSPS) is 11.1. The van der Waals surface area contributed by atoms with Gasteiger partial charge in [-0.15, -0.1) is 11.3 Å². The molecule has 0 fully saturated rings. The zero-order chi connectivity index (χ0) is 23.4. The predicted octanol–water partition coefficient (Wildman–Crippen LogP) is 6.40. The average Bonchev–Trinajstić information content (AvgIpc) is 3.39. The molecule has 11 heteroatoms. The van der Waals surface area contributed by atoms with E-state index in [2.05, 4.69) is 36.0 Å². The Labute approximate surface area is 205 Å². The Kier molecular flexibility index (Phi) is 7.41. The first-order valence-corrected chi connectivity index (χ1v) is 12.3. The van der Waals surface area contributed by atoms with Gasteiger partial charge in [0.2, 0.25) is 5.91 Å². The molecule has 0 aliphatic heterocycles. The second kappa shape index (κ2) is 10.4. The number of rotatable bonds is 8. The quantitative estimate of drug-likeness (QED) is 0.257. The maximum absolute atomic E-state index is 12.5. The minimum Gasteiger partial charge on any atom is -0.435 e. The van der Waals surface area contributed by atoms with Crippen LogP contribution in [0.25, 0.3) is 16.9 Å². The van der Waals surface area contributed by atoms with Crippen molar-refractivity contribution < 1.29 is 18.3 Å². The van der Waals surface area contributed by atoms with Gasteiger partial charge in [0.05, 0.1) is 23.3 Å². The van der Waals surface area contributed by atoms with Gasteiger partial charge in [-0.25, -0.2) is 9.97 Å². The molecular weight excluding hydrogens is 534 g/mol. The molecular formula is C22H17BrF2N4O2S2. The van der Waals surface area contributed by atoms with Crippen molar-refractivity contribution in [2.24, 2.45) is 0 Å². The number of carbonyl (C=O) groups is 1. The molecule has 4 aromatic rings. The van der Waals surface area contributed by atoms with Gasteiger partial charge in [-0.3, -0.25) is 9.36 Å². The SMILES string of the molecule is Cc1csc(NC(=O)CSc2ncc(-c3ccc(Br)cc3)n2-c2ccc(OC(F)F)cc2)n1. The number of halogens is 3. The molecule has 0 aliphatic rings. The third-order valence-corrected chi connectivity index (χ3v) is 6.74. The highest BCUT2D eigenvalue weighted by Gasteiger charge is 2.17. The number of amides is 1. The summed E-state index contributed by atoms with van der Waals surface area (Å²) in [6, 6.07) is 14.0. The van der Waals surface area contributed by atoms with E-state index in [1.807, 2.05) is 41.1 Å². The molecule has 1 amide bonds. The molecule has 1 N–H and O–H groups in total. The molecule has 0 unspecified atom stereocenters. The number of hydrogen-bond donors (Lipinski definition) is 1.